The van der Waals surface area contributed by atoms with E-state index in [-0.39, 0.29) is 16.9 Å². The first-order valence-corrected chi connectivity index (χ1v) is 7.83. The van der Waals surface area contributed by atoms with Gasteiger partial charge in [0.25, 0.3) is 0 Å². The number of thioether (sulfide) groups is 1. The van der Waals surface area contributed by atoms with Crippen LogP contribution in [-0.2, 0) is 14.4 Å². The topological polar surface area (TPSA) is 74.7 Å². The molecule has 114 valence electrons. The van der Waals surface area contributed by atoms with Gasteiger partial charge in [-0.2, -0.15) is 0 Å². The van der Waals surface area contributed by atoms with Crippen molar-refractivity contribution in [1.29, 1.82) is 0 Å². The van der Waals surface area contributed by atoms with Crippen molar-refractivity contribution >= 4 is 28.8 Å². The van der Waals surface area contributed by atoms with E-state index < -0.39 is 17.4 Å². The van der Waals surface area contributed by atoms with Crippen molar-refractivity contribution in [3.8, 4) is 0 Å². The molecule has 0 aliphatic carbocycles. The van der Waals surface area contributed by atoms with E-state index in [9.17, 15) is 14.4 Å². The Morgan fingerprint density at radius 1 is 1.35 bits per heavy atom. The van der Waals surface area contributed by atoms with Gasteiger partial charge < -0.3 is 10.0 Å². The molecular weight excluding hydrogens is 278 g/mol. The lowest BCUT2D eigenvalue weighted by Crippen LogP contribution is -2.43. The molecule has 1 amide bonds. The van der Waals surface area contributed by atoms with Crippen LogP contribution in [0.1, 0.15) is 40.5 Å². The first-order chi connectivity index (χ1) is 9.14. The van der Waals surface area contributed by atoms with Crippen LogP contribution in [0, 0.1) is 11.3 Å². The van der Waals surface area contributed by atoms with Crippen molar-refractivity contribution in [2.45, 2.75) is 46.6 Å². The van der Waals surface area contributed by atoms with Gasteiger partial charge in [0.1, 0.15) is 6.04 Å². The highest BCUT2D eigenvalue weighted by molar-refractivity contribution is 8.13. The van der Waals surface area contributed by atoms with Crippen LogP contribution in [0.2, 0.25) is 0 Å². The van der Waals surface area contributed by atoms with Crippen LogP contribution in [0.3, 0.4) is 0 Å². The maximum atomic E-state index is 12.3. The van der Waals surface area contributed by atoms with Gasteiger partial charge in [-0.3, -0.25) is 9.59 Å². The summed E-state index contributed by atoms with van der Waals surface area (Å²) in [6.07, 6.45) is 1.24. The predicted molar refractivity (Wildman–Crippen MR) is 78.5 cm³/mol. The minimum absolute atomic E-state index is 0.0494. The maximum absolute atomic E-state index is 12.3. The number of amides is 1. The molecule has 1 aliphatic rings. The van der Waals surface area contributed by atoms with Crippen LogP contribution in [0.25, 0.3) is 0 Å². The van der Waals surface area contributed by atoms with E-state index in [2.05, 4.69) is 0 Å². The van der Waals surface area contributed by atoms with Crippen molar-refractivity contribution < 1.29 is 19.5 Å². The number of carboxylic acids is 1. The van der Waals surface area contributed by atoms with E-state index in [0.717, 1.165) is 18.2 Å². The molecule has 6 heteroatoms. The minimum atomic E-state index is -0.943. The molecule has 1 heterocycles. The van der Waals surface area contributed by atoms with E-state index in [0.29, 0.717) is 18.7 Å². The monoisotopic (exact) mass is 301 g/mol. The molecule has 1 aliphatic heterocycles. The number of carbonyl (C=O) groups excluding carboxylic acids is 2. The molecular formula is C14H23NO4S. The van der Waals surface area contributed by atoms with E-state index in [1.54, 1.807) is 6.92 Å². The average molecular weight is 301 g/mol. The molecule has 0 aromatic heterocycles. The molecule has 0 unspecified atom stereocenters. The molecule has 1 fully saturated rings. The highest BCUT2D eigenvalue weighted by atomic mass is 32.2. The summed E-state index contributed by atoms with van der Waals surface area (Å²) in [6, 6.07) is -0.701. The predicted octanol–water partition coefficient (Wildman–Crippen LogP) is 2.00. The maximum Gasteiger partial charge on any atom is 0.326 e. The molecule has 5 nitrogen and oxygen atoms in total. The van der Waals surface area contributed by atoms with Crippen molar-refractivity contribution in [2.75, 3.05) is 12.3 Å². The number of hydrogen-bond acceptors (Lipinski definition) is 4. The second-order valence-electron chi connectivity index (χ2n) is 6.28. The smallest absolute Gasteiger partial charge is 0.326 e. The van der Waals surface area contributed by atoms with Crippen molar-refractivity contribution in [3.05, 3.63) is 0 Å². The Balaban J connectivity index is 2.55. The third-order valence-electron chi connectivity index (χ3n) is 3.32. The van der Waals surface area contributed by atoms with Gasteiger partial charge in [-0.05, 0) is 12.8 Å². The van der Waals surface area contributed by atoms with Gasteiger partial charge in [-0.15, -0.1) is 0 Å². The summed E-state index contributed by atoms with van der Waals surface area (Å²) in [5.41, 5.74) is -0.426. The number of rotatable bonds is 4. The van der Waals surface area contributed by atoms with Crippen LogP contribution in [-0.4, -0.2) is 45.3 Å². The fourth-order valence-corrected chi connectivity index (χ4v) is 3.04. The Morgan fingerprint density at radius 3 is 2.45 bits per heavy atom. The number of carboxylic acid groups (broad SMARTS) is 1. The van der Waals surface area contributed by atoms with E-state index in [1.165, 1.54) is 4.90 Å². The summed E-state index contributed by atoms with van der Waals surface area (Å²) < 4.78 is 0. The van der Waals surface area contributed by atoms with Gasteiger partial charge in [0.05, 0.1) is 0 Å². The zero-order chi connectivity index (χ0) is 15.5. The molecule has 0 aromatic carbocycles. The Hall–Kier alpha value is -1.04. The number of hydrogen-bond donors (Lipinski definition) is 1. The van der Waals surface area contributed by atoms with Gasteiger partial charge in [-0.1, -0.05) is 39.5 Å². The van der Waals surface area contributed by atoms with Gasteiger partial charge in [0.2, 0.25) is 5.91 Å². The quantitative estimate of drug-likeness (QED) is 0.859. The molecule has 1 rings (SSSR count). The van der Waals surface area contributed by atoms with Gasteiger partial charge >= 0.3 is 5.97 Å². The van der Waals surface area contributed by atoms with Crippen molar-refractivity contribution in [3.63, 3.8) is 0 Å². The summed E-state index contributed by atoms with van der Waals surface area (Å²) in [5.74, 6) is -1.05. The molecule has 1 N–H and O–H groups in total. The van der Waals surface area contributed by atoms with E-state index in [4.69, 9.17) is 5.11 Å². The van der Waals surface area contributed by atoms with E-state index >= 15 is 0 Å². The number of nitrogens with zero attached hydrogens (tertiary/aromatic N) is 1. The molecule has 2 atom stereocenters. The minimum Gasteiger partial charge on any atom is -0.480 e. The molecule has 0 spiro atoms. The molecule has 1 saturated heterocycles. The molecule has 0 saturated carbocycles. The Morgan fingerprint density at radius 2 is 1.95 bits per heavy atom. The first kappa shape index (κ1) is 17.0. The third-order valence-corrected chi connectivity index (χ3v) is 4.86. The largest absolute Gasteiger partial charge is 0.480 e. The van der Waals surface area contributed by atoms with Crippen LogP contribution in [0.4, 0.5) is 0 Å². The number of likely N-dealkylation sites (tertiary alicyclic amines) is 1. The second kappa shape index (κ2) is 6.61. The van der Waals surface area contributed by atoms with Crippen molar-refractivity contribution in [2.24, 2.45) is 11.3 Å². The lowest BCUT2D eigenvalue weighted by molar-refractivity contribution is -0.149. The Labute approximate surface area is 124 Å². The normalized spacial score (nSPS) is 20.8. The molecule has 20 heavy (non-hydrogen) atoms. The Bertz CT molecular complexity index is 402. The van der Waals surface area contributed by atoms with Gasteiger partial charge in [0.15, 0.2) is 5.12 Å². The van der Waals surface area contributed by atoms with Crippen LogP contribution in [0.5, 0.6) is 0 Å². The molecule has 0 bridgehead atoms. The zero-order valence-electron chi connectivity index (χ0n) is 12.5. The van der Waals surface area contributed by atoms with Crippen LogP contribution < -0.4 is 0 Å². The second-order valence-corrected chi connectivity index (χ2v) is 7.27. The lowest BCUT2D eigenvalue weighted by atomic mass is 10.00. The fraction of sp³-hybridized carbons (Fsp3) is 0.786. The summed E-state index contributed by atoms with van der Waals surface area (Å²) >= 11 is 1.15. The number of aliphatic carboxylic acids is 1. The SMILES string of the molecule is C[C@H](CSC(=O)C(C)(C)C)C(=O)N1CCC[C@@H]1C(=O)O. The fourth-order valence-electron chi connectivity index (χ4n) is 2.06. The van der Waals surface area contributed by atoms with Crippen LogP contribution >= 0.6 is 11.8 Å². The zero-order valence-corrected chi connectivity index (χ0v) is 13.3. The standard InChI is InChI=1S/C14H23NO4S/c1-9(8-20-13(19)14(2,3)4)11(16)15-7-5-6-10(15)12(17)18/h9-10H,5-8H2,1-4H3,(H,17,18)/t9-,10-/m1/s1. The van der Waals surface area contributed by atoms with Gasteiger partial charge in [0, 0.05) is 23.6 Å². The molecule has 0 aromatic rings. The van der Waals surface area contributed by atoms with E-state index in [1.807, 2.05) is 20.8 Å². The van der Waals surface area contributed by atoms with Gasteiger partial charge in [-0.25, -0.2) is 4.79 Å². The summed E-state index contributed by atoms with van der Waals surface area (Å²) in [5, 5.41) is 9.14. The lowest BCUT2D eigenvalue weighted by Gasteiger charge is -2.25. The number of carbonyl (C=O) groups is 3. The average Bonchev–Trinajstić information content (AvgIpc) is 2.82. The Kier molecular flexibility index (Phi) is 5.62. The first-order valence-electron chi connectivity index (χ1n) is 6.85. The van der Waals surface area contributed by atoms with Crippen LogP contribution in [0.15, 0.2) is 0 Å². The highest BCUT2D eigenvalue weighted by Gasteiger charge is 2.36. The summed E-state index contributed by atoms with van der Waals surface area (Å²) in [7, 11) is 0. The summed E-state index contributed by atoms with van der Waals surface area (Å²) in [4.78, 5) is 36.6. The third kappa shape index (κ3) is 4.23. The highest BCUT2D eigenvalue weighted by Crippen LogP contribution is 2.26. The summed E-state index contributed by atoms with van der Waals surface area (Å²) in [6.45, 7) is 7.78. The molecule has 0 radical (unpaired) electrons. The van der Waals surface area contributed by atoms with Crippen molar-refractivity contribution in [1.82, 2.24) is 4.90 Å².